The number of hydrogen-bond donors (Lipinski definition) is 0. The van der Waals surface area contributed by atoms with Crippen LogP contribution < -0.4 is 0 Å². The zero-order valence-electron chi connectivity index (χ0n) is 18.5. The van der Waals surface area contributed by atoms with Crippen molar-refractivity contribution in [3.05, 3.63) is 82.9 Å². The Hall–Kier alpha value is -3.50. The molecule has 0 N–H and O–H groups in total. The summed E-state index contributed by atoms with van der Waals surface area (Å²) in [4.78, 5) is 9.61. The number of hydrogen-bond acceptors (Lipinski definition) is 4. The van der Waals surface area contributed by atoms with Crippen LogP contribution in [0.4, 0.5) is 0 Å². The highest BCUT2D eigenvalue weighted by Crippen LogP contribution is 2.36. The van der Waals surface area contributed by atoms with Crippen molar-refractivity contribution in [1.29, 1.82) is 0 Å². The van der Waals surface area contributed by atoms with Crippen LogP contribution >= 0.6 is 11.3 Å². The van der Waals surface area contributed by atoms with Gasteiger partial charge in [0, 0.05) is 11.1 Å². The lowest BCUT2D eigenvalue weighted by atomic mass is 9.96. The Morgan fingerprint density at radius 3 is 2.09 bits per heavy atom. The molecule has 156 valence electrons. The topological polar surface area (TPSA) is 38.9 Å². The van der Waals surface area contributed by atoms with E-state index in [0.29, 0.717) is 5.89 Å². The number of aryl methyl sites for hydroxylation is 4. The molecule has 32 heavy (non-hydrogen) atoms. The predicted octanol–water partition coefficient (Wildman–Crippen LogP) is 8.16. The van der Waals surface area contributed by atoms with E-state index < -0.39 is 0 Å². The van der Waals surface area contributed by atoms with E-state index >= 15 is 0 Å². The largest absolute Gasteiger partial charge is 0.436 e. The first kappa shape index (κ1) is 19.2. The normalized spacial score (nSPS) is 11.8. The molecular weight excluding hydrogens is 412 g/mol. The van der Waals surface area contributed by atoms with Crippen molar-refractivity contribution < 1.29 is 4.42 Å². The number of aromatic nitrogens is 2. The predicted molar refractivity (Wildman–Crippen MR) is 135 cm³/mol. The van der Waals surface area contributed by atoms with Crippen molar-refractivity contribution in [2.24, 2.45) is 0 Å². The summed E-state index contributed by atoms with van der Waals surface area (Å²) >= 11 is 1.76. The standard InChI is InChI=1S/C28H22N2OS/c1-15-5-7-23-25(9-15)31-27(29-23)19-11-17(3)22-14-20(12-18(4)21(22)13-19)28-30-24-8-6-16(2)10-26(24)32-28/h5-14H,1-4H3. The molecule has 6 aromatic rings. The first-order chi connectivity index (χ1) is 15.4. The molecule has 2 heterocycles. The summed E-state index contributed by atoms with van der Waals surface area (Å²) in [6.45, 7) is 8.51. The van der Waals surface area contributed by atoms with E-state index in [1.807, 2.05) is 12.1 Å². The smallest absolute Gasteiger partial charge is 0.227 e. The molecule has 0 radical (unpaired) electrons. The Labute approximate surface area is 190 Å². The fraction of sp³-hybridized carbons (Fsp3) is 0.143. The Morgan fingerprint density at radius 2 is 1.31 bits per heavy atom. The van der Waals surface area contributed by atoms with Gasteiger partial charge in [-0.05, 0) is 109 Å². The maximum atomic E-state index is 6.10. The van der Waals surface area contributed by atoms with Gasteiger partial charge in [0.1, 0.15) is 10.5 Å². The minimum atomic E-state index is 0.667. The third-order valence-corrected chi connectivity index (χ3v) is 7.13. The molecular formula is C28H22N2OS. The van der Waals surface area contributed by atoms with Gasteiger partial charge in [-0.2, -0.15) is 0 Å². The maximum absolute atomic E-state index is 6.10. The lowest BCUT2D eigenvalue weighted by Gasteiger charge is -2.10. The minimum absolute atomic E-state index is 0.667. The van der Waals surface area contributed by atoms with Gasteiger partial charge >= 0.3 is 0 Å². The highest BCUT2D eigenvalue weighted by molar-refractivity contribution is 7.21. The van der Waals surface area contributed by atoms with Crippen molar-refractivity contribution >= 4 is 43.4 Å². The van der Waals surface area contributed by atoms with Crippen molar-refractivity contribution in [2.45, 2.75) is 27.7 Å². The Morgan fingerprint density at radius 1 is 0.656 bits per heavy atom. The highest BCUT2D eigenvalue weighted by Gasteiger charge is 2.14. The van der Waals surface area contributed by atoms with Crippen LogP contribution in [0.5, 0.6) is 0 Å². The SMILES string of the molecule is Cc1ccc2nc(-c3cc(C)c4cc(-c5nc6ccc(C)cc6s5)cc(C)c4c3)oc2c1. The summed E-state index contributed by atoms with van der Waals surface area (Å²) in [5, 5.41) is 3.53. The molecule has 0 bridgehead atoms. The lowest BCUT2D eigenvalue weighted by Crippen LogP contribution is -1.88. The van der Waals surface area contributed by atoms with Gasteiger partial charge in [-0.1, -0.05) is 12.1 Å². The van der Waals surface area contributed by atoms with E-state index in [1.54, 1.807) is 11.3 Å². The van der Waals surface area contributed by atoms with Crippen LogP contribution in [0, 0.1) is 27.7 Å². The quantitative estimate of drug-likeness (QED) is 0.276. The van der Waals surface area contributed by atoms with Gasteiger partial charge in [0.25, 0.3) is 0 Å². The van der Waals surface area contributed by atoms with Crippen LogP contribution in [0.25, 0.3) is 54.1 Å². The second-order valence-corrected chi connectivity index (χ2v) is 9.69. The summed E-state index contributed by atoms with van der Waals surface area (Å²) in [5.74, 6) is 0.667. The van der Waals surface area contributed by atoms with Gasteiger partial charge in [-0.3, -0.25) is 0 Å². The Balaban J connectivity index is 1.49. The van der Waals surface area contributed by atoms with Crippen LogP contribution in [-0.4, -0.2) is 9.97 Å². The number of thiazole rings is 1. The fourth-order valence-corrected chi connectivity index (χ4v) is 5.43. The van der Waals surface area contributed by atoms with E-state index in [1.165, 1.54) is 43.3 Å². The van der Waals surface area contributed by atoms with Crippen molar-refractivity contribution in [1.82, 2.24) is 9.97 Å². The average Bonchev–Trinajstić information content (AvgIpc) is 3.37. The van der Waals surface area contributed by atoms with Crippen molar-refractivity contribution in [2.75, 3.05) is 0 Å². The van der Waals surface area contributed by atoms with E-state index in [0.717, 1.165) is 27.2 Å². The van der Waals surface area contributed by atoms with Crippen LogP contribution in [0.1, 0.15) is 22.3 Å². The third kappa shape index (κ3) is 3.10. The van der Waals surface area contributed by atoms with Crippen LogP contribution in [0.3, 0.4) is 0 Å². The second-order valence-electron chi connectivity index (χ2n) is 8.66. The molecule has 6 rings (SSSR count). The molecule has 0 amide bonds. The zero-order chi connectivity index (χ0) is 22.0. The zero-order valence-corrected chi connectivity index (χ0v) is 19.3. The molecule has 0 aliphatic heterocycles. The van der Waals surface area contributed by atoms with E-state index in [-0.39, 0.29) is 0 Å². The number of oxazole rings is 1. The summed E-state index contributed by atoms with van der Waals surface area (Å²) in [7, 11) is 0. The van der Waals surface area contributed by atoms with Gasteiger partial charge in [0.15, 0.2) is 5.58 Å². The van der Waals surface area contributed by atoms with Gasteiger partial charge in [0.2, 0.25) is 5.89 Å². The van der Waals surface area contributed by atoms with Gasteiger partial charge in [-0.25, -0.2) is 9.97 Å². The van der Waals surface area contributed by atoms with E-state index in [2.05, 4.69) is 76.2 Å². The molecule has 2 aromatic heterocycles. The molecule has 0 spiro atoms. The van der Waals surface area contributed by atoms with Crippen molar-refractivity contribution in [3.63, 3.8) is 0 Å². The van der Waals surface area contributed by atoms with Crippen molar-refractivity contribution in [3.8, 4) is 22.0 Å². The minimum Gasteiger partial charge on any atom is -0.436 e. The third-order valence-electron chi connectivity index (χ3n) is 6.07. The van der Waals surface area contributed by atoms with Crippen LogP contribution in [0.2, 0.25) is 0 Å². The molecule has 4 aromatic carbocycles. The number of rotatable bonds is 2. The van der Waals surface area contributed by atoms with Gasteiger partial charge in [-0.15, -0.1) is 11.3 Å². The summed E-state index contributed by atoms with van der Waals surface area (Å²) < 4.78 is 7.33. The van der Waals surface area contributed by atoms with Gasteiger partial charge in [0.05, 0.1) is 10.2 Å². The summed E-state index contributed by atoms with van der Waals surface area (Å²) in [5.41, 5.74) is 9.83. The number of benzene rings is 4. The Kier molecular flexibility index (Phi) is 4.21. The summed E-state index contributed by atoms with van der Waals surface area (Å²) in [6, 6.07) is 21.4. The molecule has 0 aliphatic rings. The molecule has 4 heteroatoms. The van der Waals surface area contributed by atoms with E-state index in [4.69, 9.17) is 14.4 Å². The molecule has 3 nitrogen and oxygen atoms in total. The summed E-state index contributed by atoms with van der Waals surface area (Å²) in [6.07, 6.45) is 0. The lowest BCUT2D eigenvalue weighted by molar-refractivity contribution is 0.619. The maximum Gasteiger partial charge on any atom is 0.227 e. The first-order valence-corrected chi connectivity index (χ1v) is 11.6. The van der Waals surface area contributed by atoms with Crippen LogP contribution in [-0.2, 0) is 0 Å². The second kappa shape index (κ2) is 7.01. The monoisotopic (exact) mass is 434 g/mol. The molecule has 0 aliphatic carbocycles. The van der Waals surface area contributed by atoms with Gasteiger partial charge < -0.3 is 4.42 Å². The first-order valence-electron chi connectivity index (χ1n) is 10.7. The van der Waals surface area contributed by atoms with E-state index in [9.17, 15) is 0 Å². The molecule has 0 fully saturated rings. The fourth-order valence-electron chi connectivity index (χ4n) is 4.38. The van der Waals surface area contributed by atoms with Crippen LogP contribution in [0.15, 0.2) is 65.1 Å². The molecule has 0 saturated heterocycles. The molecule has 0 saturated carbocycles. The number of nitrogens with zero attached hydrogens (tertiary/aromatic N) is 2. The Bertz CT molecular complexity index is 1550. The molecule has 0 atom stereocenters. The highest BCUT2D eigenvalue weighted by atomic mass is 32.1. The molecule has 0 unspecified atom stereocenters. The average molecular weight is 435 g/mol. The number of fused-ring (bicyclic) bond motifs is 3.